The van der Waals surface area contributed by atoms with Crippen LogP contribution in [0, 0.1) is 5.92 Å². The Hall–Kier alpha value is -2.95. The number of anilines is 1. The summed E-state index contributed by atoms with van der Waals surface area (Å²) in [4.78, 5) is 37.8. The van der Waals surface area contributed by atoms with Gasteiger partial charge in [-0.2, -0.15) is 4.72 Å². The molecule has 0 aliphatic heterocycles. The number of halogens is 1. The number of para-hydroxylation sites is 1. The van der Waals surface area contributed by atoms with Gasteiger partial charge in [-0.25, -0.2) is 8.42 Å². The predicted molar refractivity (Wildman–Crippen MR) is 124 cm³/mol. The molecule has 0 aliphatic rings. The zero-order chi connectivity index (χ0) is 24.6. The second kappa shape index (κ2) is 11.8. The van der Waals surface area contributed by atoms with Gasteiger partial charge in [-0.1, -0.05) is 49.7 Å². The minimum atomic E-state index is -4.07. The van der Waals surface area contributed by atoms with E-state index in [0.717, 1.165) is 0 Å². The first-order valence-electron chi connectivity index (χ1n) is 10.1. The molecule has 0 radical (unpaired) electrons. The van der Waals surface area contributed by atoms with Crippen LogP contribution in [-0.4, -0.2) is 45.4 Å². The number of ether oxygens (including phenoxy) is 1. The Balaban J connectivity index is 2.11. The second-order valence-electron chi connectivity index (χ2n) is 7.51. The fourth-order valence-corrected chi connectivity index (χ4v) is 4.49. The number of nitrogens with zero attached hydrogens (tertiary/aromatic N) is 1. The van der Waals surface area contributed by atoms with Crippen molar-refractivity contribution >= 4 is 45.1 Å². The van der Waals surface area contributed by atoms with Gasteiger partial charge in [0, 0.05) is 23.7 Å². The van der Waals surface area contributed by atoms with Crippen molar-refractivity contribution in [2.45, 2.75) is 31.2 Å². The highest BCUT2D eigenvalue weighted by Crippen LogP contribution is 2.18. The molecular weight excluding hydrogens is 470 g/mol. The normalized spacial score (nSPS) is 12.2. The lowest BCUT2D eigenvalue weighted by molar-refractivity contribution is -0.150. The molecule has 2 rings (SSSR count). The summed E-state index contributed by atoms with van der Waals surface area (Å²) >= 11 is 5.87. The van der Waals surface area contributed by atoms with Crippen LogP contribution in [0.25, 0.3) is 0 Å². The van der Waals surface area contributed by atoms with Crippen LogP contribution in [0.15, 0.2) is 59.5 Å². The molecule has 2 aromatic carbocycles. The van der Waals surface area contributed by atoms with Crippen molar-refractivity contribution in [3.05, 3.63) is 59.6 Å². The zero-order valence-electron chi connectivity index (χ0n) is 18.2. The molecule has 9 nitrogen and oxygen atoms in total. The summed E-state index contributed by atoms with van der Waals surface area (Å²) in [6.45, 7) is 2.63. The number of nitrogens with two attached hydrogens (primary N) is 1. The Labute approximate surface area is 197 Å². The number of hydrogen-bond donors (Lipinski definition) is 2. The van der Waals surface area contributed by atoms with Gasteiger partial charge in [0.2, 0.25) is 15.9 Å². The summed E-state index contributed by atoms with van der Waals surface area (Å²) in [7, 11) is -4.07. The lowest BCUT2D eigenvalue weighted by Crippen LogP contribution is -2.46. The number of sulfonamides is 1. The van der Waals surface area contributed by atoms with Gasteiger partial charge in [0.05, 0.1) is 4.90 Å². The Bertz CT molecular complexity index is 1090. The molecule has 178 valence electrons. The molecule has 0 fully saturated rings. The summed E-state index contributed by atoms with van der Waals surface area (Å²) in [6.07, 6.45) is -0.0807. The van der Waals surface area contributed by atoms with Gasteiger partial charge in [-0.05, 0) is 36.2 Å². The standard InChI is InChI=1S/C22H26ClN3O6S/c1-15(2)21(25-33(30,31)18-10-6-7-16(23)13-18)22(29)32-14-20(28)26(12-11-19(24)27)17-8-4-3-5-9-17/h3-10,13,15,21,25H,11-12,14H2,1-2H3,(H2,24,27)/t21-/m0/s1. The van der Waals surface area contributed by atoms with E-state index in [9.17, 15) is 22.8 Å². The number of primary amides is 1. The van der Waals surface area contributed by atoms with Gasteiger partial charge in [-0.3, -0.25) is 14.4 Å². The van der Waals surface area contributed by atoms with E-state index < -0.39 is 46.4 Å². The molecule has 11 heteroatoms. The van der Waals surface area contributed by atoms with Crippen molar-refractivity contribution in [3.63, 3.8) is 0 Å². The average molecular weight is 496 g/mol. The van der Waals surface area contributed by atoms with Crippen LogP contribution in [0.1, 0.15) is 20.3 Å². The number of benzene rings is 2. The van der Waals surface area contributed by atoms with Gasteiger partial charge in [-0.15, -0.1) is 0 Å². The Kier molecular flexibility index (Phi) is 9.39. The molecule has 0 aliphatic carbocycles. The van der Waals surface area contributed by atoms with Crippen LogP contribution in [-0.2, 0) is 29.1 Å². The molecule has 2 amide bonds. The summed E-state index contributed by atoms with van der Waals surface area (Å²) < 4.78 is 32.8. The molecule has 0 unspecified atom stereocenters. The van der Waals surface area contributed by atoms with Crippen LogP contribution in [0.2, 0.25) is 5.02 Å². The van der Waals surface area contributed by atoms with Crippen LogP contribution in [0.4, 0.5) is 5.69 Å². The third-order valence-corrected chi connectivity index (χ3v) is 6.27. The Morgan fingerprint density at radius 3 is 2.33 bits per heavy atom. The molecule has 0 saturated heterocycles. The fourth-order valence-electron chi connectivity index (χ4n) is 2.85. The summed E-state index contributed by atoms with van der Waals surface area (Å²) in [6, 6.07) is 12.9. The Morgan fingerprint density at radius 1 is 1.09 bits per heavy atom. The SMILES string of the molecule is CC(C)[C@H](NS(=O)(=O)c1cccc(Cl)c1)C(=O)OCC(=O)N(CCC(N)=O)c1ccccc1. The molecule has 0 aromatic heterocycles. The zero-order valence-corrected chi connectivity index (χ0v) is 19.8. The van der Waals surface area contributed by atoms with E-state index in [1.807, 2.05) is 0 Å². The van der Waals surface area contributed by atoms with Gasteiger partial charge in [0.15, 0.2) is 6.61 Å². The number of nitrogens with one attached hydrogen (secondary N) is 1. The quantitative estimate of drug-likeness (QED) is 0.458. The topological polar surface area (TPSA) is 136 Å². The maximum absolute atomic E-state index is 12.7. The summed E-state index contributed by atoms with van der Waals surface area (Å²) in [5, 5.41) is 0.226. The number of carbonyl (C=O) groups excluding carboxylic acids is 3. The number of rotatable bonds is 11. The third-order valence-electron chi connectivity index (χ3n) is 4.60. The molecule has 33 heavy (non-hydrogen) atoms. The summed E-state index contributed by atoms with van der Waals surface area (Å²) in [5.74, 6) is -2.56. The van der Waals surface area contributed by atoms with Crippen molar-refractivity contribution in [3.8, 4) is 0 Å². The van der Waals surface area contributed by atoms with Crippen LogP contribution in [0.3, 0.4) is 0 Å². The minimum absolute atomic E-state index is 0.00470. The third kappa shape index (κ3) is 7.85. The van der Waals surface area contributed by atoms with Gasteiger partial charge < -0.3 is 15.4 Å². The van der Waals surface area contributed by atoms with Crippen molar-refractivity contribution in [1.29, 1.82) is 0 Å². The van der Waals surface area contributed by atoms with E-state index in [4.69, 9.17) is 22.1 Å². The molecule has 0 bridgehead atoms. The number of esters is 1. The number of amides is 2. The maximum Gasteiger partial charge on any atom is 0.324 e. The Morgan fingerprint density at radius 2 is 1.76 bits per heavy atom. The lowest BCUT2D eigenvalue weighted by Gasteiger charge is -2.24. The second-order valence-corrected chi connectivity index (χ2v) is 9.66. The maximum atomic E-state index is 12.7. The van der Waals surface area contributed by atoms with Crippen LogP contribution < -0.4 is 15.4 Å². The largest absolute Gasteiger partial charge is 0.454 e. The van der Waals surface area contributed by atoms with E-state index in [-0.39, 0.29) is 22.9 Å². The van der Waals surface area contributed by atoms with Gasteiger partial charge in [0.1, 0.15) is 6.04 Å². The molecule has 0 saturated carbocycles. The number of hydrogen-bond acceptors (Lipinski definition) is 6. The monoisotopic (exact) mass is 495 g/mol. The molecular formula is C22H26ClN3O6S. The molecule has 3 N–H and O–H groups in total. The first kappa shape index (κ1) is 26.3. The fraction of sp³-hybridized carbons (Fsp3) is 0.318. The van der Waals surface area contributed by atoms with Crippen molar-refractivity contribution in [2.24, 2.45) is 11.7 Å². The van der Waals surface area contributed by atoms with Crippen LogP contribution >= 0.6 is 11.6 Å². The highest BCUT2D eigenvalue weighted by Gasteiger charge is 2.30. The van der Waals surface area contributed by atoms with E-state index in [1.54, 1.807) is 44.2 Å². The number of carbonyl (C=O) groups is 3. The first-order chi connectivity index (χ1) is 15.5. The molecule has 2 aromatic rings. The minimum Gasteiger partial charge on any atom is -0.454 e. The smallest absolute Gasteiger partial charge is 0.324 e. The molecule has 0 heterocycles. The molecule has 0 spiro atoms. The van der Waals surface area contributed by atoms with Gasteiger partial charge >= 0.3 is 5.97 Å². The van der Waals surface area contributed by atoms with E-state index in [2.05, 4.69) is 4.72 Å². The highest BCUT2D eigenvalue weighted by molar-refractivity contribution is 7.89. The van der Waals surface area contributed by atoms with Crippen molar-refractivity contribution in [2.75, 3.05) is 18.1 Å². The van der Waals surface area contributed by atoms with Gasteiger partial charge in [0.25, 0.3) is 5.91 Å². The van der Waals surface area contributed by atoms with Crippen molar-refractivity contribution in [1.82, 2.24) is 4.72 Å². The van der Waals surface area contributed by atoms with E-state index >= 15 is 0 Å². The van der Waals surface area contributed by atoms with Crippen molar-refractivity contribution < 1.29 is 27.5 Å². The molecule has 1 atom stereocenters. The average Bonchev–Trinajstić information content (AvgIpc) is 2.76. The van der Waals surface area contributed by atoms with E-state index in [0.29, 0.717) is 5.69 Å². The van der Waals surface area contributed by atoms with E-state index in [1.165, 1.54) is 29.2 Å². The lowest BCUT2D eigenvalue weighted by atomic mass is 10.1. The highest BCUT2D eigenvalue weighted by atomic mass is 35.5. The first-order valence-corrected chi connectivity index (χ1v) is 12.0. The van der Waals surface area contributed by atoms with Crippen LogP contribution in [0.5, 0.6) is 0 Å². The summed E-state index contributed by atoms with van der Waals surface area (Å²) in [5.41, 5.74) is 5.70. The predicted octanol–water partition coefficient (Wildman–Crippen LogP) is 2.09.